The van der Waals surface area contributed by atoms with Crippen LogP contribution in [0.15, 0.2) is 53.0 Å². The molecule has 0 saturated heterocycles. The quantitative estimate of drug-likeness (QED) is 0.707. The number of nitrogens with zero attached hydrogens (tertiary/aromatic N) is 2. The van der Waals surface area contributed by atoms with E-state index in [-0.39, 0.29) is 5.91 Å². The summed E-state index contributed by atoms with van der Waals surface area (Å²) in [7, 11) is 0. The van der Waals surface area contributed by atoms with E-state index >= 15 is 0 Å². The van der Waals surface area contributed by atoms with Crippen LogP contribution in [-0.4, -0.2) is 30.4 Å². The first-order chi connectivity index (χ1) is 12.0. The first-order valence-electron chi connectivity index (χ1n) is 8.92. The van der Waals surface area contributed by atoms with Crippen LogP contribution >= 0.6 is 15.9 Å². The van der Waals surface area contributed by atoms with Gasteiger partial charge < -0.3 is 9.80 Å². The fraction of sp³-hybridized carbons (Fsp3) is 0.381. The summed E-state index contributed by atoms with van der Waals surface area (Å²) in [5.74, 6) is 0.761. The molecule has 0 N–H and O–H groups in total. The van der Waals surface area contributed by atoms with Gasteiger partial charge in [0, 0.05) is 36.3 Å². The van der Waals surface area contributed by atoms with Crippen LogP contribution in [0.2, 0.25) is 0 Å². The maximum atomic E-state index is 13.0. The molecular formula is C21H25BrN2O. The molecular weight excluding hydrogens is 376 g/mol. The highest BCUT2D eigenvalue weighted by atomic mass is 79.9. The summed E-state index contributed by atoms with van der Waals surface area (Å²) in [6.45, 7) is 7.67. The van der Waals surface area contributed by atoms with Crippen molar-refractivity contribution in [2.75, 3.05) is 24.5 Å². The Bertz CT molecular complexity index is 744. The maximum Gasteiger partial charge on any atom is 0.256 e. The fourth-order valence-corrected chi connectivity index (χ4v) is 3.66. The molecule has 0 aliphatic carbocycles. The minimum Gasteiger partial charge on any atom is -0.365 e. The van der Waals surface area contributed by atoms with Gasteiger partial charge in [-0.2, -0.15) is 0 Å². The van der Waals surface area contributed by atoms with Crippen molar-refractivity contribution in [2.24, 2.45) is 5.92 Å². The van der Waals surface area contributed by atoms with Crippen molar-refractivity contribution in [3.63, 3.8) is 0 Å². The number of amides is 1. The Morgan fingerprint density at radius 2 is 1.80 bits per heavy atom. The molecule has 3 nitrogen and oxygen atoms in total. The molecule has 1 aliphatic rings. The number of carbonyl (C=O) groups excluding carboxylic acids is 1. The van der Waals surface area contributed by atoms with Crippen molar-refractivity contribution < 1.29 is 4.79 Å². The Labute approximate surface area is 158 Å². The highest BCUT2D eigenvalue weighted by Crippen LogP contribution is 2.27. The van der Waals surface area contributed by atoms with Crippen LogP contribution < -0.4 is 4.90 Å². The predicted molar refractivity (Wildman–Crippen MR) is 107 cm³/mol. The largest absolute Gasteiger partial charge is 0.365 e. The highest BCUT2D eigenvalue weighted by Gasteiger charge is 2.26. The summed E-state index contributed by atoms with van der Waals surface area (Å²) in [5, 5.41) is 0. The van der Waals surface area contributed by atoms with Crippen LogP contribution in [0.3, 0.4) is 0 Å². The number of benzene rings is 2. The Morgan fingerprint density at radius 1 is 1.04 bits per heavy atom. The summed E-state index contributed by atoms with van der Waals surface area (Å²) >= 11 is 3.55. The minimum absolute atomic E-state index is 0.160. The molecule has 132 valence electrons. The van der Waals surface area contributed by atoms with Crippen molar-refractivity contribution >= 4 is 27.5 Å². The lowest BCUT2D eigenvalue weighted by Crippen LogP contribution is -2.35. The van der Waals surface area contributed by atoms with Crippen LogP contribution in [0, 0.1) is 5.92 Å². The SMILES string of the molecule is CC(C)CCN1CCN(Cc2cccc(Br)c2)c2ccccc2C1=O. The highest BCUT2D eigenvalue weighted by molar-refractivity contribution is 9.10. The van der Waals surface area contributed by atoms with Crippen LogP contribution in [0.25, 0.3) is 0 Å². The zero-order valence-electron chi connectivity index (χ0n) is 14.9. The molecule has 1 aliphatic heterocycles. The van der Waals surface area contributed by atoms with E-state index in [1.165, 1.54) is 5.56 Å². The molecule has 0 fully saturated rings. The molecule has 0 radical (unpaired) electrons. The van der Waals surface area contributed by atoms with Crippen molar-refractivity contribution in [1.82, 2.24) is 4.90 Å². The summed E-state index contributed by atoms with van der Waals surface area (Å²) in [6.07, 6.45) is 1.04. The molecule has 0 bridgehead atoms. The molecule has 0 atom stereocenters. The molecule has 0 unspecified atom stereocenters. The monoisotopic (exact) mass is 400 g/mol. The van der Waals surface area contributed by atoms with Crippen LogP contribution in [0.5, 0.6) is 0 Å². The zero-order chi connectivity index (χ0) is 17.8. The summed E-state index contributed by atoms with van der Waals surface area (Å²) in [4.78, 5) is 17.3. The average molecular weight is 401 g/mol. The van der Waals surface area contributed by atoms with Crippen LogP contribution in [0.1, 0.15) is 36.2 Å². The van der Waals surface area contributed by atoms with Crippen molar-refractivity contribution in [2.45, 2.75) is 26.8 Å². The van der Waals surface area contributed by atoms with Gasteiger partial charge in [-0.05, 0) is 42.2 Å². The van der Waals surface area contributed by atoms with Crippen LogP contribution in [-0.2, 0) is 6.54 Å². The van der Waals surface area contributed by atoms with Crippen LogP contribution in [0.4, 0.5) is 5.69 Å². The van der Waals surface area contributed by atoms with Gasteiger partial charge >= 0.3 is 0 Å². The number of para-hydroxylation sites is 1. The summed E-state index contributed by atoms with van der Waals surface area (Å²) in [6, 6.07) is 16.4. The Morgan fingerprint density at radius 3 is 2.56 bits per heavy atom. The number of rotatable bonds is 5. The Kier molecular flexibility index (Phi) is 5.79. The van der Waals surface area contributed by atoms with E-state index in [1.807, 2.05) is 29.2 Å². The average Bonchev–Trinajstić information content (AvgIpc) is 2.72. The van der Waals surface area contributed by atoms with E-state index in [2.05, 4.69) is 58.9 Å². The third-order valence-corrected chi connectivity index (χ3v) is 5.13. The van der Waals surface area contributed by atoms with Gasteiger partial charge in [0.15, 0.2) is 0 Å². The van der Waals surface area contributed by atoms with Gasteiger partial charge in [0.05, 0.1) is 5.56 Å². The molecule has 0 spiro atoms. The second kappa shape index (κ2) is 8.05. The van der Waals surface area contributed by atoms with Gasteiger partial charge in [-0.3, -0.25) is 4.79 Å². The molecule has 2 aromatic rings. The van der Waals surface area contributed by atoms with Gasteiger partial charge in [-0.25, -0.2) is 0 Å². The molecule has 1 amide bonds. The Balaban J connectivity index is 1.86. The van der Waals surface area contributed by atoms with Gasteiger partial charge in [0.1, 0.15) is 0 Å². The fourth-order valence-electron chi connectivity index (χ4n) is 3.21. The third kappa shape index (κ3) is 4.43. The molecule has 1 heterocycles. The Hall–Kier alpha value is -1.81. The molecule has 4 heteroatoms. The first kappa shape index (κ1) is 18.0. The molecule has 2 aromatic carbocycles. The van der Waals surface area contributed by atoms with E-state index in [4.69, 9.17) is 0 Å². The third-order valence-electron chi connectivity index (χ3n) is 4.64. The van der Waals surface area contributed by atoms with Crippen molar-refractivity contribution in [3.05, 3.63) is 64.1 Å². The van der Waals surface area contributed by atoms with E-state index < -0.39 is 0 Å². The minimum atomic E-state index is 0.160. The first-order valence-corrected chi connectivity index (χ1v) is 9.71. The maximum absolute atomic E-state index is 13.0. The number of carbonyl (C=O) groups is 1. The van der Waals surface area contributed by atoms with Gasteiger partial charge in [-0.15, -0.1) is 0 Å². The lowest BCUT2D eigenvalue weighted by atomic mass is 10.1. The molecule has 0 saturated carbocycles. The number of halogens is 1. The van der Waals surface area contributed by atoms with E-state index in [1.54, 1.807) is 0 Å². The smallest absolute Gasteiger partial charge is 0.256 e. The molecule has 3 rings (SSSR count). The molecule has 0 aromatic heterocycles. The number of hydrogen-bond donors (Lipinski definition) is 0. The molecule has 25 heavy (non-hydrogen) atoms. The number of hydrogen-bond acceptors (Lipinski definition) is 2. The van der Waals surface area contributed by atoms with E-state index in [9.17, 15) is 4.79 Å². The van der Waals surface area contributed by atoms with E-state index in [0.717, 1.165) is 48.3 Å². The predicted octanol–water partition coefficient (Wildman–Crippen LogP) is 4.96. The van der Waals surface area contributed by atoms with Crippen molar-refractivity contribution in [3.8, 4) is 0 Å². The summed E-state index contributed by atoms with van der Waals surface area (Å²) in [5.41, 5.74) is 3.10. The standard InChI is InChI=1S/C21H25BrN2O/c1-16(2)10-11-23-12-13-24(15-17-6-5-7-18(22)14-17)20-9-4-3-8-19(20)21(23)25/h3-9,14,16H,10-13,15H2,1-2H3. The second-order valence-corrected chi connectivity index (χ2v) is 7.96. The number of anilines is 1. The topological polar surface area (TPSA) is 23.6 Å². The van der Waals surface area contributed by atoms with Gasteiger partial charge in [-0.1, -0.05) is 54.0 Å². The van der Waals surface area contributed by atoms with E-state index in [0.29, 0.717) is 5.92 Å². The lowest BCUT2D eigenvalue weighted by molar-refractivity contribution is 0.0759. The van der Waals surface area contributed by atoms with Gasteiger partial charge in [0.25, 0.3) is 5.91 Å². The van der Waals surface area contributed by atoms with Gasteiger partial charge in [0.2, 0.25) is 0 Å². The normalized spacial score (nSPS) is 14.6. The lowest BCUT2D eigenvalue weighted by Gasteiger charge is -2.25. The van der Waals surface area contributed by atoms with Crippen molar-refractivity contribution in [1.29, 1.82) is 0 Å². The second-order valence-electron chi connectivity index (χ2n) is 7.04. The zero-order valence-corrected chi connectivity index (χ0v) is 16.5. The summed E-state index contributed by atoms with van der Waals surface area (Å²) < 4.78 is 1.09. The number of fused-ring (bicyclic) bond motifs is 1.